The number of nitrogens with zero attached hydrogens (tertiary/aromatic N) is 1. The highest BCUT2D eigenvalue weighted by molar-refractivity contribution is 14.0. The van der Waals surface area contributed by atoms with Gasteiger partial charge in [0.1, 0.15) is 0 Å². The van der Waals surface area contributed by atoms with Crippen LogP contribution in [0.25, 0.3) is 0 Å². The van der Waals surface area contributed by atoms with Crippen molar-refractivity contribution in [3.8, 4) is 0 Å². The zero-order valence-electron chi connectivity index (χ0n) is 12.8. The Kier molecular flexibility index (Phi) is 10.3. The molecule has 19 heavy (non-hydrogen) atoms. The van der Waals surface area contributed by atoms with Gasteiger partial charge >= 0.3 is 0 Å². The summed E-state index contributed by atoms with van der Waals surface area (Å²) in [6.07, 6.45) is 3.83. The van der Waals surface area contributed by atoms with Crippen LogP contribution in [-0.2, 0) is 0 Å². The van der Waals surface area contributed by atoms with Gasteiger partial charge < -0.3 is 10.6 Å². The van der Waals surface area contributed by atoms with E-state index in [1.54, 1.807) is 0 Å². The highest BCUT2D eigenvalue weighted by Crippen LogP contribution is 2.37. The summed E-state index contributed by atoms with van der Waals surface area (Å²) in [7, 11) is 0. The zero-order valence-corrected chi connectivity index (χ0v) is 15.9. The molecule has 0 aromatic rings. The molecule has 0 aliphatic carbocycles. The first-order valence-corrected chi connectivity index (χ1v) is 8.20. The van der Waals surface area contributed by atoms with E-state index in [1.165, 1.54) is 25.0 Å². The quantitative estimate of drug-likeness (QED) is 0.408. The van der Waals surface area contributed by atoms with E-state index in [0.717, 1.165) is 31.5 Å². The number of nitrogens with one attached hydrogen (secondary N) is 2. The number of halogens is 1. The maximum atomic E-state index is 4.74. The maximum Gasteiger partial charge on any atom is 0.191 e. The zero-order chi connectivity index (χ0) is 13.4. The number of hydrogen-bond acceptors (Lipinski definition) is 2. The smallest absolute Gasteiger partial charge is 0.191 e. The van der Waals surface area contributed by atoms with Crippen LogP contribution < -0.4 is 10.6 Å². The van der Waals surface area contributed by atoms with E-state index >= 15 is 0 Å². The van der Waals surface area contributed by atoms with E-state index in [1.807, 2.05) is 0 Å². The predicted octanol–water partition coefficient (Wildman–Crippen LogP) is 3.49. The Balaban J connectivity index is 0.00000324. The Hall–Kier alpha value is 0.350. The first kappa shape index (κ1) is 19.4. The molecule has 0 spiro atoms. The van der Waals surface area contributed by atoms with Crippen molar-refractivity contribution in [1.82, 2.24) is 10.6 Å². The number of thioether (sulfide) groups is 1. The molecular weight excluding hydrogens is 369 g/mol. The van der Waals surface area contributed by atoms with Gasteiger partial charge in [0.15, 0.2) is 5.96 Å². The number of guanidine groups is 1. The molecule has 1 saturated heterocycles. The Morgan fingerprint density at radius 2 is 2.11 bits per heavy atom. The fraction of sp³-hybridized carbons (Fsp3) is 0.929. The van der Waals surface area contributed by atoms with E-state index < -0.39 is 0 Å². The van der Waals surface area contributed by atoms with Crippen LogP contribution >= 0.6 is 35.7 Å². The fourth-order valence-electron chi connectivity index (χ4n) is 2.03. The second-order valence-electron chi connectivity index (χ2n) is 5.71. The van der Waals surface area contributed by atoms with Gasteiger partial charge in [-0.2, -0.15) is 11.8 Å². The van der Waals surface area contributed by atoms with Crippen LogP contribution in [0.5, 0.6) is 0 Å². The minimum Gasteiger partial charge on any atom is -0.357 e. The molecule has 1 fully saturated rings. The summed E-state index contributed by atoms with van der Waals surface area (Å²) in [5, 5.41) is 6.75. The molecule has 0 aromatic heterocycles. The van der Waals surface area contributed by atoms with Crippen molar-refractivity contribution in [1.29, 1.82) is 0 Å². The Bertz CT molecular complexity index is 263. The summed E-state index contributed by atoms with van der Waals surface area (Å²) in [5.41, 5.74) is 0. The van der Waals surface area contributed by atoms with Crippen LogP contribution in [-0.4, -0.2) is 36.1 Å². The lowest BCUT2D eigenvalue weighted by Crippen LogP contribution is -2.39. The van der Waals surface area contributed by atoms with E-state index in [4.69, 9.17) is 4.99 Å². The molecule has 0 amide bonds. The summed E-state index contributed by atoms with van der Waals surface area (Å²) in [6.45, 7) is 11.8. The third-order valence-corrected chi connectivity index (χ3v) is 4.75. The first-order valence-electron chi connectivity index (χ1n) is 7.22. The van der Waals surface area contributed by atoms with Crippen molar-refractivity contribution in [2.24, 2.45) is 10.9 Å². The molecule has 0 saturated carbocycles. The van der Waals surface area contributed by atoms with Gasteiger partial charge in [-0.3, -0.25) is 4.99 Å². The Morgan fingerprint density at radius 3 is 2.63 bits per heavy atom. The molecule has 3 nitrogen and oxygen atoms in total. The monoisotopic (exact) mass is 399 g/mol. The van der Waals surface area contributed by atoms with Crippen molar-refractivity contribution in [2.45, 2.75) is 51.7 Å². The van der Waals surface area contributed by atoms with Gasteiger partial charge in [-0.15, -0.1) is 24.0 Å². The summed E-state index contributed by atoms with van der Waals surface area (Å²) in [4.78, 5) is 4.74. The van der Waals surface area contributed by atoms with Crippen molar-refractivity contribution in [3.63, 3.8) is 0 Å². The van der Waals surface area contributed by atoms with Crippen molar-refractivity contribution in [2.75, 3.05) is 25.4 Å². The molecule has 0 bridgehead atoms. The highest BCUT2D eigenvalue weighted by Gasteiger charge is 2.29. The van der Waals surface area contributed by atoms with Gasteiger partial charge in [0, 0.05) is 17.8 Å². The SMILES string of the molecule is CCNC(=NCC1(C)CCCS1)NCCC(C)C.I. The van der Waals surface area contributed by atoms with Gasteiger partial charge in [0.25, 0.3) is 0 Å². The maximum absolute atomic E-state index is 4.74. The van der Waals surface area contributed by atoms with E-state index in [9.17, 15) is 0 Å². The first-order chi connectivity index (χ1) is 8.56. The standard InChI is InChI=1S/C14H29N3S.HI/c1-5-15-13(16-9-7-12(2)3)17-11-14(4)8-6-10-18-14;/h12H,5-11H2,1-4H3,(H2,15,16,17);1H. The Labute approximate surface area is 140 Å². The fourth-order valence-corrected chi connectivity index (χ4v) is 3.25. The van der Waals surface area contributed by atoms with Gasteiger partial charge in [0.2, 0.25) is 0 Å². The van der Waals surface area contributed by atoms with Crippen LogP contribution in [0.1, 0.15) is 47.0 Å². The van der Waals surface area contributed by atoms with E-state index in [0.29, 0.717) is 4.75 Å². The molecule has 1 aliphatic heterocycles. The number of rotatable bonds is 6. The lowest BCUT2D eigenvalue weighted by molar-refractivity contribution is 0.571. The normalized spacial score (nSPS) is 23.3. The van der Waals surface area contributed by atoms with Crippen molar-refractivity contribution in [3.05, 3.63) is 0 Å². The van der Waals surface area contributed by atoms with Gasteiger partial charge in [-0.1, -0.05) is 13.8 Å². The van der Waals surface area contributed by atoms with E-state index in [-0.39, 0.29) is 24.0 Å². The third-order valence-electron chi connectivity index (χ3n) is 3.23. The third kappa shape index (κ3) is 8.27. The second kappa shape index (κ2) is 10.1. The van der Waals surface area contributed by atoms with Crippen molar-refractivity contribution < 1.29 is 0 Å². The van der Waals surface area contributed by atoms with Gasteiger partial charge in [-0.25, -0.2) is 0 Å². The largest absolute Gasteiger partial charge is 0.357 e. The molecular formula is C14H30IN3S. The molecule has 1 rings (SSSR count). The average Bonchev–Trinajstić information content (AvgIpc) is 2.73. The van der Waals surface area contributed by atoms with Crippen LogP contribution in [0.4, 0.5) is 0 Å². The second-order valence-corrected chi connectivity index (χ2v) is 7.39. The molecule has 5 heteroatoms. The molecule has 114 valence electrons. The minimum atomic E-state index is 0. The molecule has 2 N–H and O–H groups in total. The summed E-state index contributed by atoms with van der Waals surface area (Å²) in [5.74, 6) is 3.01. The van der Waals surface area contributed by atoms with Crippen LogP contribution in [0, 0.1) is 5.92 Å². The molecule has 0 aromatic carbocycles. The lowest BCUT2D eigenvalue weighted by Gasteiger charge is -2.21. The molecule has 1 heterocycles. The average molecular weight is 399 g/mol. The number of aliphatic imine (C=N–C) groups is 1. The summed E-state index contributed by atoms with van der Waals surface area (Å²) in [6, 6.07) is 0. The van der Waals surface area contributed by atoms with Gasteiger partial charge in [0.05, 0.1) is 6.54 Å². The minimum absolute atomic E-state index is 0. The topological polar surface area (TPSA) is 36.4 Å². The Morgan fingerprint density at radius 1 is 1.37 bits per heavy atom. The highest BCUT2D eigenvalue weighted by atomic mass is 127. The lowest BCUT2D eigenvalue weighted by atomic mass is 10.1. The summed E-state index contributed by atoms with van der Waals surface area (Å²) < 4.78 is 0.362. The van der Waals surface area contributed by atoms with Crippen LogP contribution in [0.15, 0.2) is 4.99 Å². The molecule has 1 aliphatic rings. The molecule has 1 unspecified atom stereocenters. The molecule has 1 atom stereocenters. The van der Waals surface area contributed by atoms with E-state index in [2.05, 4.69) is 50.1 Å². The molecule has 0 radical (unpaired) electrons. The van der Waals surface area contributed by atoms with Gasteiger partial charge in [-0.05, 0) is 44.8 Å². The van der Waals surface area contributed by atoms with Crippen molar-refractivity contribution >= 4 is 41.7 Å². The predicted molar refractivity (Wildman–Crippen MR) is 98.9 cm³/mol. The number of hydrogen-bond donors (Lipinski definition) is 2. The van der Waals surface area contributed by atoms with Crippen LogP contribution in [0.2, 0.25) is 0 Å². The summed E-state index contributed by atoms with van der Waals surface area (Å²) >= 11 is 2.07. The van der Waals surface area contributed by atoms with Crippen LogP contribution in [0.3, 0.4) is 0 Å².